The zero-order chi connectivity index (χ0) is 9.26. The van der Waals surface area contributed by atoms with E-state index in [2.05, 4.69) is 0 Å². The van der Waals surface area contributed by atoms with Gasteiger partial charge in [0.2, 0.25) is 0 Å². The molecule has 0 aliphatic carbocycles. The van der Waals surface area contributed by atoms with E-state index < -0.39 is 6.17 Å². The summed E-state index contributed by atoms with van der Waals surface area (Å²) >= 11 is 7.17. The molecule has 1 saturated heterocycles. The van der Waals surface area contributed by atoms with Crippen LogP contribution in [-0.4, -0.2) is 16.1 Å². The van der Waals surface area contributed by atoms with E-state index in [9.17, 15) is 4.39 Å². The van der Waals surface area contributed by atoms with Crippen LogP contribution >= 0.6 is 23.4 Å². The Hall–Kier alpha value is -0.210. The second kappa shape index (κ2) is 3.89. The molecule has 1 aliphatic heterocycles. The van der Waals surface area contributed by atoms with Crippen molar-refractivity contribution in [2.75, 3.05) is 0 Å². The molecular formula is C10H10ClFS. The normalized spacial score (nSPS) is 32.6. The van der Waals surface area contributed by atoms with Gasteiger partial charge in [-0.25, -0.2) is 4.39 Å². The lowest BCUT2D eigenvalue weighted by atomic mass is 10.1. The second-order valence-electron chi connectivity index (χ2n) is 3.16. The summed E-state index contributed by atoms with van der Waals surface area (Å²) in [7, 11) is 0. The fourth-order valence-corrected chi connectivity index (χ4v) is 3.06. The Kier molecular flexibility index (Phi) is 2.80. The van der Waals surface area contributed by atoms with Crippen molar-refractivity contribution in [2.45, 2.75) is 22.6 Å². The molecule has 1 aromatic carbocycles. The van der Waals surface area contributed by atoms with Crippen LogP contribution in [0.5, 0.6) is 0 Å². The maximum atomic E-state index is 13.1. The third-order valence-corrected chi connectivity index (χ3v) is 4.04. The van der Waals surface area contributed by atoms with Crippen LogP contribution in [0.25, 0.3) is 0 Å². The Balaban J connectivity index is 1.93. The van der Waals surface area contributed by atoms with Gasteiger partial charge in [-0.15, -0.1) is 23.4 Å². The van der Waals surface area contributed by atoms with Crippen molar-refractivity contribution in [3.05, 3.63) is 35.9 Å². The zero-order valence-electron chi connectivity index (χ0n) is 6.99. The molecule has 1 aromatic rings. The van der Waals surface area contributed by atoms with Gasteiger partial charge in [-0.2, -0.15) is 0 Å². The van der Waals surface area contributed by atoms with Gasteiger partial charge in [0, 0.05) is 5.25 Å². The van der Waals surface area contributed by atoms with Crippen molar-refractivity contribution in [3.8, 4) is 0 Å². The number of thioether (sulfide) groups is 1. The summed E-state index contributed by atoms with van der Waals surface area (Å²) in [6.07, 6.45) is -0.0533. The lowest BCUT2D eigenvalue weighted by molar-refractivity contribution is 0.321. The van der Waals surface area contributed by atoms with Crippen molar-refractivity contribution < 1.29 is 4.39 Å². The fourth-order valence-electron chi connectivity index (χ4n) is 1.40. The minimum atomic E-state index is -0.841. The number of hydrogen-bond acceptors (Lipinski definition) is 1. The van der Waals surface area contributed by atoms with Crippen LogP contribution in [0.1, 0.15) is 5.56 Å². The Morgan fingerprint density at radius 1 is 1.31 bits per heavy atom. The predicted molar refractivity (Wildman–Crippen MR) is 56.1 cm³/mol. The van der Waals surface area contributed by atoms with Crippen LogP contribution in [0.3, 0.4) is 0 Å². The van der Waals surface area contributed by atoms with E-state index >= 15 is 0 Å². The molecule has 13 heavy (non-hydrogen) atoms. The van der Waals surface area contributed by atoms with Crippen LogP contribution < -0.4 is 0 Å². The molecule has 0 radical (unpaired) electrons. The third kappa shape index (κ3) is 2.00. The lowest BCUT2D eigenvalue weighted by Gasteiger charge is -2.34. The molecule has 0 spiro atoms. The van der Waals surface area contributed by atoms with Gasteiger partial charge < -0.3 is 0 Å². The van der Waals surface area contributed by atoms with Crippen LogP contribution in [-0.2, 0) is 6.42 Å². The molecule has 1 fully saturated rings. The quantitative estimate of drug-likeness (QED) is 0.684. The fraction of sp³-hybridized carbons (Fsp3) is 0.400. The highest BCUT2D eigenvalue weighted by molar-refractivity contribution is 8.03. The molecule has 0 bridgehead atoms. The molecule has 0 saturated carbocycles. The molecule has 1 aliphatic rings. The molecule has 3 atom stereocenters. The number of alkyl halides is 2. The monoisotopic (exact) mass is 216 g/mol. The Morgan fingerprint density at radius 3 is 2.54 bits per heavy atom. The van der Waals surface area contributed by atoms with E-state index in [0.29, 0.717) is 0 Å². The van der Waals surface area contributed by atoms with Crippen LogP contribution in [0.2, 0.25) is 0 Å². The summed E-state index contributed by atoms with van der Waals surface area (Å²) in [4.78, 5) is 0. The summed E-state index contributed by atoms with van der Waals surface area (Å²) in [6, 6.07) is 9.96. The van der Waals surface area contributed by atoms with Gasteiger partial charge in [0.15, 0.2) is 0 Å². The molecule has 2 rings (SSSR count). The largest absolute Gasteiger partial charge is 0.244 e. The minimum Gasteiger partial charge on any atom is -0.244 e. The van der Waals surface area contributed by atoms with Crippen molar-refractivity contribution >= 4 is 23.4 Å². The molecule has 0 amide bonds. The third-order valence-electron chi connectivity index (χ3n) is 2.19. The lowest BCUT2D eigenvalue weighted by Crippen LogP contribution is -2.39. The molecule has 3 heteroatoms. The van der Waals surface area contributed by atoms with Gasteiger partial charge in [0.25, 0.3) is 0 Å². The van der Waals surface area contributed by atoms with E-state index in [4.69, 9.17) is 11.6 Å². The molecule has 0 nitrogen and oxygen atoms in total. The van der Waals surface area contributed by atoms with Crippen molar-refractivity contribution in [2.24, 2.45) is 0 Å². The van der Waals surface area contributed by atoms with E-state index in [1.54, 1.807) is 0 Å². The summed E-state index contributed by atoms with van der Waals surface area (Å²) in [5.74, 6) is 0. The van der Waals surface area contributed by atoms with Gasteiger partial charge in [-0.1, -0.05) is 30.3 Å². The first-order valence-electron chi connectivity index (χ1n) is 4.25. The molecule has 1 heterocycles. The van der Waals surface area contributed by atoms with E-state index in [-0.39, 0.29) is 9.96 Å². The average molecular weight is 217 g/mol. The van der Waals surface area contributed by atoms with Gasteiger partial charge >= 0.3 is 0 Å². The number of rotatable bonds is 2. The SMILES string of the molecule is FC1C(Cl)SC1Cc1ccccc1. The van der Waals surface area contributed by atoms with Crippen molar-refractivity contribution in [1.29, 1.82) is 0 Å². The smallest absolute Gasteiger partial charge is 0.138 e. The minimum absolute atomic E-state index is 0.0601. The van der Waals surface area contributed by atoms with Crippen molar-refractivity contribution in [1.82, 2.24) is 0 Å². The van der Waals surface area contributed by atoms with Gasteiger partial charge in [-0.05, 0) is 12.0 Å². The Morgan fingerprint density at radius 2 is 2.00 bits per heavy atom. The first-order valence-corrected chi connectivity index (χ1v) is 5.63. The summed E-state index contributed by atoms with van der Waals surface area (Å²) in [6.45, 7) is 0. The molecular weight excluding hydrogens is 207 g/mol. The first kappa shape index (κ1) is 9.35. The number of benzene rings is 1. The maximum Gasteiger partial charge on any atom is 0.138 e. The standard InChI is InChI=1S/C10H10ClFS/c11-10-9(12)8(13-10)6-7-4-2-1-3-5-7/h1-5,8-10H,6H2. The highest BCUT2D eigenvalue weighted by Gasteiger charge is 2.40. The van der Waals surface area contributed by atoms with E-state index in [0.717, 1.165) is 6.42 Å². The highest BCUT2D eigenvalue weighted by atomic mass is 35.5. The maximum absolute atomic E-state index is 13.1. The number of halogens is 2. The average Bonchev–Trinajstić information content (AvgIpc) is 2.19. The van der Waals surface area contributed by atoms with E-state index in [1.807, 2.05) is 30.3 Å². The predicted octanol–water partition coefficient (Wildman–Crippen LogP) is 3.25. The zero-order valence-corrected chi connectivity index (χ0v) is 8.56. The Bertz CT molecular complexity index is 278. The summed E-state index contributed by atoms with van der Waals surface area (Å²) < 4.78 is 12.8. The number of hydrogen-bond donors (Lipinski definition) is 0. The van der Waals surface area contributed by atoms with E-state index in [1.165, 1.54) is 17.3 Å². The van der Waals surface area contributed by atoms with Crippen LogP contribution in [0, 0.1) is 0 Å². The molecule has 0 N–H and O–H groups in total. The topological polar surface area (TPSA) is 0 Å². The molecule has 70 valence electrons. The van der Waals surface area contributed by atoms with Crippen LogP contribution in [0.4, 0.5) is 4.39 Å². The highest BCUT2D eigenvalue weighted by Crippen LogP contribution is 2.43. The van der Waals surface area contributed by atoms with Gasteiger partial charge in [0.05, 0.1) is 0 Å². The molecule has 3 unspecified atom stereocenters. The summed E-state index contributed by atoms with van der Waals surface area (Å²) in [5.41, 5.74) is 1.19. The second-order valence-corrected chi connectivity index (χ2v) is 5.27. The Labute approximate surface area is 86.5 Å². The molecule has 0 aromatic heterocycles. The van der Waals surface area contributed by atoms with Crippen molar-refractivity contribution in [3.63, 3.8) is 0 Å². The van der Waals surface area contributed by atoms with Gasteiger partial charge in [0.1, 0.15) is 10.9 Å². The summed E-state index contributed by atoms with van der Waals surface area (Å²) in [5, 5.41) is 0.0601. The van der Waals surface area contributed by atoms with Crippen LogP contribution in [0.15, 0.2) is 30.3 Å². The first-order chi connectivity index (χ1) is 6.27. The van der Waals surface area contributed by atoms with Gasteiger partial charge in [-0.3, -0.25) is 0 Å².